The van der Waals surface area contributed by atoms with Gasteiger partial charge in [-0.1, -0.05) is 18.2 Å². The maximum Gasteiger partial charge on any atom is 0.337 e. The van der Waals surface area contributed by atoms with E-state index >= 15 is 0 Å². The number of hydrogen-bond acceptors (Lipinski definition) is 4. The van der Waals surface area contributed by atoms with Crippen LogP contribution >= 0.6 is 0 Å². The topological polar surface area (TPSA) is 92.7 Å². The van der Waals surface area contributed by atoms with Crippen molar-refractivity contribution in [3.05, 3.63) is 42.0 Å². The normalized spacial score (nSPS) is 27.7. The molecule has 1 fully saturated rings. The van der Waals surface area contributed by atoms with Crippen molar-refractivity contribution in [3.8, 4) is 0 Å². The van der Waals surface area contributed by atoms with E-state index in [-0.39, 0.29) is 17.7 Å². The number of ether oxygens (including phenoxy) is 1. The molecule has 0 heterocycles. The number of esters is 1. The summed E-state index contributed by atoms with van der Waals surface area (Å²) in [4.78, 5) is 35.5. The van der Waals surface area contributed by atoms with Crippen LogP contribution in [0, 0.1) is 23.7 Å². The van der Waals surface area contributed by atoms with Crippen LogP contribution in [-0.4, -0.2) is 30.1 Å². The molecule has 1 aromatic carbocycles. The van der Waals surface area contributed by atoms with Crippen molar-refractivity contribution in [2.24, 2.45) is 23.7 Å². The highest BCUT2D eigenvalue weighted by Gasteiger charge is 2.51. The van der Waals surface area contributed by atoms with Crippen LogP contribution in [0.1, 0.15) is 16.8 Å². The number of carbonyl (C=O) groups is 3. The second-order valence-corrected chi connectivity index (χ2v) is 5.90. The maximum absolute atomic E-state index is 12.5. The summed E-state index contributed by atoms with van der Waals surface area (Å²) >= 11 is 0. The fourth-order valence-electron chi connectivity index (χ4n) is 3.58. The summed E-state index contributed by atoms with van der Waals surface area (Å²) in [5.41, 5.74) is 0.779. The lowest BCUT2D eigenvalue weighted by molar-refractivity contribution is -0.146. The first-order chi connectivity index (χ1) is 11.0. The van der Waals surface area contributed by atoms with Crippen molar-refractivity contribution in [1.29, 1.82) is 0 Å². The van der Waals surface area contributed by atoms with E-state index in [9.17, 15) is 19.5 Å². The summed E-state index contributed by atoms with van der Waals surface area (Å²) in [7, 11) is 1.28. The molecule has 6 heteroatoms. The number of carbonyl (C=O) groups excluding carboxylic acids is 2. The van der Waals surface area contributed by atoms with E-state index in [1.165, 1.54) is 13.2 Å². The smallest absolute Gasteiger partial charge is 0.337 e. The van der Waals surface area contributed by atoms with Crippen molar-refractivity contribution < 1.29 is 24.2 Å². The third-order valence-electron chi connectivity index (χ3n) is 4.60. The predicted molar refractivity (Wildman–Crippen MR) is 81.8 cm³/mol. The Morgan fingerprint density at radius 2 is 1.87 bits per heavy atom. The van der Waals surface area contributed by atoms with Crippen molar-refractivity contribution in [1.82, 2.24) is 0 Å². The molecule has 23 heavy (non-hydrogen) atoms. The van der Waals surface area contributed by atoms with E-state index in [0.29, 0.717) is 17.7 Å². The molecule has 4 unspecified atom stereocenters. The van der Waals surface area contributed by atoms with Crippen LogP contribution in [0.25, 0.3) is 0 Å². The molecular weight excluding hydrogens is 298 g/mol. The number of nitrogens with one attached hydrogen (secondary N) is 1. The van der Waals surface area contributed by atoms with Crippen LogP contribution in [0.15, 0.2) is 36.4 Å². The molecule has 0 spiro atoms. The van der Waals surface area contributed by atoms with Crippen molar-refractivity contribution in [2.75, 3.05) is 12.4 Å². The Morgan fingerprint density at radius 3 is 2.52 bits per heavy atom. The molecule has 6 nitrogen and oxygen atoms in total. The quantitative estimate of drug-likeness (QED) is 0.654. The van der Waals surface area contributed by atoms with Crippen molar-refractivity contribution in [2.45, 2.75) is 6.42 Å². The lowest BCUT2D eigenvalue weighted by Gasteiger charge is -2.23. The van der Waals surface area contributed by atoms with E-state index in [1.807, 2.05) is 12.2 Å². The van der Waals surface area contributed by atoms with Crippen LogP contribution in [0.4, 0.5) is 5.69 Å². The zero-order valence-corrected chi connectivity index (χ0v) is 12.6. The fourth-order valence-corrected chi connectivity index (χ4v) is 3.58. The molecule has 0 aliphatic heterocycles. The Kier molecular flexibility index (Phi) is 3.90. The molecule has 120 valence electrons. The predicted octanol–water partition coefficient (Wildman–Crippen LogP) is 1.93. The second kappa shape index (κ2) is 5.87. The summed E-state index contributed by atoms with van der Waals surface area (Å²) < 4.78 is 4.65. The van der Waals surface area contributed by atoms with Gasteiger partial charge in [-0.25, -0.2) is 4.79 Å². The first kappa shape index (κ1) is 15.3. The number of rotatable bonds is 4. The number of fused-ring (bicyclic) bond motifs is 2. The van der Waals surface area contributed by atoms with Gasteiger partial charge >= 0.3 is 11.9 Å². The van der Waals surface area contributed by atoms with Crippen LogP contribution in [0.2, 0.25) is 0 Å². The third-order valence-corrected chi connectivity index (χ3v) is 4.60. The average Bonchev–Trinajstić information content (AvgIpc) is 3.15. The average molecular weight is 315 g/mol. The number of carboxylic acids is 1. The summed E-state index contributed by atoms with van der Waals surface area (Å²) in [6.45, 7) is 0. The molecule has 0 radical (unpaired) electrons. The Morgan fingerprint density at radius 1 is 1.17 bits per heavy atom. The number of aliphatic carboxylic acids is 1. The largest absolute Gasteiger partial charge is 0.481 e. The molecule has 1 saturated carbocycles. The van der Waals surface area contributed by atoms with E-state index < -0.39 is 23.8 Å². The maximum atomic E-state index is 12.5. The van der Waals surface area contributed by atoms with Gasteiger partial charge in [-0.15, -0.1) is 0 Å². The van der Waals surface area contributed by atoms with Gasteiger partial charge in [0.15, 0.2) is 0 Å². The summed E-state index contributed by atoms with van der Waals surface area (Å²) in [6.07, 6.45) is 4.53. The molecule has 0 saturated heterocycles. The number of carboxylic acid groups (broad SMARTS) is 1. The lowest BCUT2D eigenvalue weighted by atomic mass is 9.82. The van der Waals surface area contributed by atoms with Crippen LogP contribution in [0.5, 0.6) is 0 Å². The van der Waals surface area contributed by atoms with Gasteiger partial charge in [0.1, 0.15) is 0 Å². The molecule has 0 aromatic heterocycles. The van der Waals surface area contributed by atoms with Crippen molar-refractivity contribution in [3.63, 3.8) is 0 Å². The number of hydrogen-bond donors (Lipinski definition) is 2. The van der Waals surface area contributed by atoms with Gasteiger partial charge in [0, 0.05) is 5.69 Å². The van der Waals surface area contributed by atoms with Gasteiger partial charge in [-0.05, 0) is 36.5 Å². The molecule has 3 rings (SSSR count). The van der Waals surface area contributed by atoms with Gasteiger partial charge in [-0.3, -0.25) is 9.59 Å². The first-order valence-electron chi connectivity index (χ1n) is 7.41. The number of anilines is 1. The Balaban J connectivity index is 1.78. The van der Waals surface area contributed by atoms with E-state index in [4.69, 9.17) is 0 Å². The summed E-state index contributed by atoms with van der Waals surface area (Å²) in [5.74, 6) is -3.13. The van der Waals surface area contributed by atoms with Gasteiger partial charge < -0.3 is 15.2 Å². The van der Waals surface area contributed by atoms with E-state index in [1.54, 1.807) is 18.2 Å². The summed E-state index contributed by atoms with van der Waals surface area (Å²) in [6, 6.07) is 6.39. The molecule has 2 aliphatic carbocycles. The zero-order valence-electron chi connectivity index (χ0n) is 12.6. The molecule has 1 amide bonds. The van der Waals surface area contributed by atoms with Crippen LogP contribution in [0.3, 0.4) is 0 Å². The van der Waals surface area contributed by atoms with Crippen LogP contribution in [-0.2, 0) is 14.3 Å². The number of allylic oxidation sites excluding steroid dienone is 2. The first-order valence-corrected chi connectivity index (χ1v) is 7.41. The number of amides is 1. The minimum Gasteiger partial charge on any atom is -0.481 e. The minimum atomic E-state index is -0.940. The van der Waals surface area contributed by atoms with Gasteiger partial charge in [-0.2, -0.15) is 0 Å². The fraction of sp³-hybridized carbons (Fsp3) is 0.353. The van der Waals surface area contributed by atoms with E-state index in [2.05, 4.69) is 10.1 Å². The molecule has 4 atom stereocenters. The molecule has 2 N–H and O–H groups in total. The number of methoxy groups -OCH3 is 1. The highest BCUT2D eigenvalue weighted by molar-refractivity contribution is 5.98. The Labute approximate surface area is 133 Å². The number of benzene rings is 1. The van der Waals surface area contributed by atoms with Gasteiger partial charge in [0.05, 0.1) is 24.5 Å². The molecule has 1 aromatic rings. The van der Waals surface area contributed by atoms with Gasteiger partial charge in [0.2, 0.25) is 5.91 Å². The van der Waals surface area contributed by atoms with Crippen LogP contribution < -0.4 is 5.32 Å². The van der Waals surface area contributed by atoms with Gasteiger partial charge in [0.25, 0.3) is 0 Å². The molecule has 2 bridgehead atoms. The molecular formula is C17H17NO5. The highest BCUT2D eigenvalue weighted by atomic mass is 16.5. The minimum absolute atomic E-state index is 0.0371. The molecule has 2 aliphatic rings. The Bertz CT molecular complexity index is 696. The lowest BCUT2D eigenvalue weighted by Crippen LogP contribution is -2.36. The van der Waals surface area contributed by atoms with E-state index in [0.717, 1.165) is 0 Å². The Hall–Kier alpha value is -2.63. The standard InChI is InChI=1S/C17H17NO5/c1-23-17(22)11-3-2-4-12(8-11)18-15(19)13-9-5-6-10(7-9)14(13)16(20)21/h2-6,8-10,13-14H,7H2,1H3,(H,18,19)(H,20,21). The SMILES string of the molecule is COC(=O)c1cccc(NC(=O)C2C3C=CC(C3)C2C(=O)O)c1. The zero-order chi connectivity index (χ0) is 16.6. The second-order valence-electron chi connectivity index (χ2n) is 5.90. The monoisotopic (exact) mass is 315 g/mol. The third kappa shape index (κ3) is 2.72. The summed E-state index contributed by atoms with van der Waals surface area (Å²) in [5, 5.41) is 12.1. The van der Waals surface area contributed by atoms with Crippen molar-refractivity contribution >= 4 is 23.5 Å². The highest BCUT2D eigenvalue weighted by Crippen LogP contribution is 2.48.